The molecule has 1 fully saturated rings. The number of hydrogen-bond donors (Lipinski definition) is 3. The minimum absolute atomic E-state index is 0.0582. The van der Waals surface area contributed by atoms with Crippen LogP contribution in [0.1, 0.15) is 18.4 Å². The Hall–Kier alpha value is -0.950. The van der Waals surface area contributed by atoms with Crippen molar-refractivity contribution in [2.24, 2.45) is 0 Å². The van der Waals surface area contributed by atoms with Gasteiger partial charge in [0.25, 0.3) is 0 Å². The monoisotopic (exact) mass is 284 g/mol. The standard InChI is InChI=1S/C13H20N2O3S/c16-13(7-4-8-14-10-13)11-15-19(17,18)9-12-5-2-1-3-6-12/h1-3,5-6,14-16H,4,7-11H2/t13-/m1/s1. The highest BCUT2D eigenvalue weighted by Crippen LogP contribution is 2.15. The van der Waals surface area contributed by atoms with E-state index in [-0.39, 0.29) is 12.3 Å². The van der Waals surface area contributed by atoms with Gasteiger partial charge in [0, 0.05) is 13.1 Å². The lowest BCUT2D eigenvalue weighted by molar-refractivity contribution is 0.0218. The minimum Gasteiger partial charge on any atom is -0.387 e. The maximum Gasteiger partial charge on any atom is 0.215 e. The molecule has 3 N–H and O–H groups in total. The maximum atomic E-state index is 11.9. The fourth-order valence-corrected chi connectivity index (χ4v) is 3.41. The molecule has 1 aromatic rings. The van der Waals surface area contributed by atoms with E-state index in [2.05, 4.69) is 10.0 Å². The topological polar surface area (TPSA) is 78.4 Å². The highest BCUT2D eigenvalue weighted by molar-refractivity contribution is 7.88. The van der Waals surface area contributed by atoms with Crippen molar-refractivity contribution in [3.8, 4) is 0 Å². The predicted molar refractivity (Wildman–Crippen MR) is 74.1 cm³/mol. The summed E-state index contributed by atoms with van der Waals surface area (Å²) < 4.78 is 26.4. The molecule has 0 unspecified atom stereocenters. The lowest BCUT2D eigenvalue weighted by Gasteiger charge is -2.32. The van der Waals surface area contributed by atoms with Gasteiger partial charge in [-0.25, -0.2) is 13.1 Å². The molecule has 0 aliphatic carbocycles. The third-order valence-corrected chi connectivity index (χ3v) is 4.57. The Bertz CT molecular complexity index is 496. The number of β-amino-alcohol motifs (C(OH)–C–C–N with tert-alkyl or cyclic N) is 1. The van der Waals surface area contributed by atoms with Gasteiger partial charge in [0.2, 0.25) is 10.0 Å². The average Bonchev–Trinajstić information content (AvgIpc) is 2.38. The molecule has 0 aromatic heterocycles. The van der Waals surface area contributed by atoms with Crippen LogP contribution in [0.5, 0.6) is 0 Å². The molecule has 1 aliphatic rings. The van der Waals surface area contributed by atoms with Gasteiger partial charge in [-0.2, -0.15) is 0 Å². The highest BCUT2D eigenvalue weighted by atomic mass is 32.2. The second kappa shape index (κ2) is 6.00. The van der Waals surface area contributed by atoms with Crippen LogP contribution >= 0.6 is 0 Å². The lowest BCUT2D eigenvalue weighted by atomic mass is 9.95. The molecule has 19 heavy (non-hydrogen) atoms. The van der Waals surface area contributed by atoms with Crippen LogP contribution in [0.25, 0.3) is 0 Å². The van der Waals surface area contributed by atoms with E-state index < -0.39 is 15.6 Å². The van der Waals surface area contributed by atoms with Crippen LogP contribution in [0.3, 0.4) is 0 Å². The van der Waals surface area contributed by atoms with Gasteiger partial charge in [-0.1, -0.05) is 30.3 Å². The van der Waals surface area contributed by atoms with Crippen molar-refractivity contribution in [1.82, 2.24) is 10.0 Å². The van der Waals surface area contributed by atoms with Crippen LogP contribution in [-0.2, 0) is 15.8 Å². The second-order valence-electron chi connectivity index (χ2n) is 5.07. The van der Waals surface area contributed by atoms with Crippen LogP contribution in [-0.4, -0.2) is 38.8 Å². The summed E-state index contributed by atoms with van der Waals surface area (Å²) in [6.45, 7) is 1.37. The molecule has 0 saturated carbocycles. The summed E-state index contributed by atoms with van der Waals surface area (Å²) in [5.41, 5.74) is -0.231. The van der Waals surface area contributed by atoms with E-state index in [0.29, 0.717) is 13.0 Å². The molecular formula is C13H20N2O3S. The molecule has 6 heteroatoms. The number of sulfonamides is 1. The van der Waals surface area contributed by atoms with E-state index in [1.54, 1.807) is 12.1 Å². The quantitative estimate of drug-likeness (QED) is 0.723. The van der Waals surface area contributed by atoms with Crippen molar-refractivity contribution in [2.45, 2.75) is 24.2 Å². The summed E-state index contributed by atoms with van der Waals surface area (Å²) in [5.74, 6) is -0.0582. The van der Waals surface area contributed by atoms with Crippen LogP contribution in [0.2, 0.25) is 0 Å². The zero-order chi connectivity index (χ0) is 13.8. The summed E-state index contributed by atoms with van der Waals surface area (Å²) in [7, 11) is -3.41. The van der Waals surface area contributed by atoms with E-state index >= 15 is 0 Å². The maximum absolute atomic E-state index is 11.9. The van der Waals surface area contributed by atoms with E-state index in [0.717, 1.165) is 18.5 Å². The third kappa shape index (κ3) is 4.58. The zero-order valence-corrected chi connectivity index (χ0v) is 11.6. The van der Waals surface area contributed by atoms with Crippen LogP contribution in [0.4, 0.5) is 0 Å². The second-order valence-corrected chi connectivity index (χ2v) is 6.88. The number of benzene rings is 1. The predicted octanol–water partition coefficient (Wildman–Crippen LogP) is 0.221. The zero-order valence-electron chi connectivity index (χ0n) is 10.8. The van der Waals surface area contributed by atoms with Crippen LogP contribution in [0, 0.1) is 0 Å². The van der Waals surface area contributed by atoms with Crippen molar-refractivity contribution in [2.75, 3.05) is 19.6 Å². The molecule has 1 saturated heterocycles. The fourth-order valence-electron chi connectivity index (χ4n) is 2.19. The first kappa shape index (κ1) is 14.5. The summed E-state index contributed by atoms with van der Waals surface area (Å²) in [5, 5.41) is 13.3. The summed E-state index contributed by atoms with van der Waals surface area (Å²) in [4.78, 5) is 0. The van der Waals surface area contributed by atoms with Gasteiger partial charge in [-0.3, -0.25) is 0 Å². The van der Waals surface area contributed by atoms with Gasteiger partial charge < -0.3 is 10.4 Å². The number of aliphatic hydroxyl groups is 1. The Morgan fingerprint density at radius 2 is 2.05 bits per heavy atom. The summed E-state index contributed by atoms with van der Waals surface area (Å²) in [6.07, 6.45) is 1.48. The molecule has 1 heterocycles. The minimum atomic E-state index is -3.41. The lowest BCUT2D eigenvalue weighted by Crippen LogP contribution is -2.52. The van der Waals surface area contributed by atoms with Crippen LogP contribution < -0.4 is 10.0 Å². The normalized spacial score (nSPS) is 24.3. The first-order valence-corrected chi connectivity index (χ1v) is 8.09. The van der Waals surface area contributed by atoms with E-state index in [1.807, 2.05) is 18.2 Å². The molecule has 1 atom stereocenters. The Kier molecular flexibility index (Phi) is 4.57. The molecule has 5 nitrogen and oxygen atoms in total. The van der Waals surface area contributed by atoms with E-state index in [1.165, 1.54) is 0 Å². The SMILES string of the molecule is O=S(=O)(Cc1ccccc1)NC[C@@]1(O)CCCNC1. The van der Waals surface area contributed by atoms with Gasteiger partial charge >= 0.3 is 0 Å². The van der Waals surface area contributed by atoms with Gasteiger partial charge in [0.1, 0.15) is 0 Å². The average molecular weight is 284 g/mol. The molecule has 1 aliphatic heterocycles. The smallest absolute Gasteiger partial charge is 0.215 e. The van der Waals surface area contributed by atoms with Gasteiger partial charge in [0.05, 0.1) is 11.4 Å². The molecule has 0 amide bonds. The number of rotatable bonds is 5. The van der Waals surface area contributed by atoms with Gasteiger partial charge in [-0.15, -0.1) is 0 Å². The summed E-state index contributed by atoms with van der Waals surface area (Å²) in [6, 6.07) is 9.01. The molecule has 2 rings (SSSR count). The van der Waals surface area contributed by atoms with Crippen molar-refractivity contribution in [1.29, 1.82) is 0 Å². The van der Waals surface area contributed by atoms with Gasteiger partial charge in [0.15, 0.2) is 0 Å². The Labute approximate surface area is 114 Å². The molecule has 106 valence electrons. The van der Waals surface area contributed by atoms with E-state index in [4.69, 9.17) is 0 Å². The van der Waals surface area contributed by atoms with Crippen molar-refractivity contribution in [3.63, 3.8) is 0 Å². The molecule has 0 bridgehead atoms. The third-order valence-electron chi connectivity index (χ3n) is 3.27. The molecule has 0 radical (unpaired) electrons. The van der Waals surface area contributed by atoms with Gasteiger partial charge in [-0.05, 0) is 24.9 Å². The fraction of sp³-hybridized carbons (Fsp3) is 0.538. The highest BCUT2D eigenvalue weighted by Gasteiger charge is 2.30. The Balaban J connectivity index is 1.91. The number of hydrogen-bond acceptors (Lipinski definition) is 4. The van der Waals surface area contributed by atoms with Crippen molar-refractivity contribution in [3.05, 3.63) is 35.9 Å². The first-order chi connectivity index (χ1) is 8.99. The first-order valence-electron chi connectivity index (χ1n) is 6.44. The van der Waals surface area contributed by atoms with Crippen molar-refractivity contribution >= 4 is 10.0 Å². The van der Waals surface area contributed by atoms with Crippen molar-refractivity contribution < 1.29 is 13.5 Å². The molecular weight excluding hydrogens is 264 g/mol. The number of nitrogens with one attached hydrogen (secondary N) is 2. The Morgan fingerprint density at radius 3 is 2.68 bits per heavy atom. The largest absolute Gasteiger partial charge is 0.387 e. The van der Waals surface area contributed by atoms with Crippen LogP contribution in [0.15, 0.2) is 30.3 Å². The number of piperidine rings is 1. The molecule has 0 spiro atoms. The molecule has 1 aromatic carbocycles. The van der Waals surface area contributed by atoms with E-state index in [9.17, 15) is 13.5 Å². The Morgan fingerprint density at radius 1 is 1.32 bits per heavy atom. The summed E-state index contributed by atoms with van der Waals surface area (Å²) >= 11 is 0.